The van der Waals surface area contributed by atoms with E-state index in [1.54, 1.807) is 0 Å². The average Bonchev–Trinajstić information content (AvgIpc) is 2.68. The van der Waals surface area contributed by atoms with Gasteiger partial charge in [-0.3, -0.25) is 4.79 Å². The predicted octanol–water partition coefficient (Wildman–Crippen LogP) is 5.23. The number of esters is 1. The van der Waals surface area contributed by atoms with Crippen LogP contribution < -0.4 is 0 Å². The topological polar surface area (TPSA) is 65.0 Å². The molecule has 1 aliphatic rings. The SMILES string of the molecule is CC(C)(C)S(C)(C)O.COC(=O)CCCC/C=C/B1OC(C)(C)C(C)(C)O1. The standard InChI is InChI=1S/C14H25BO4.C6H16OS/c1-13(2)14(3,4)19-15(18-13)11-9-7-6-8-10-12(16)17-5;1-6(2,3)8(4,5)7/h9,11H,6-8,10H2,1-5H3;7H,1-5H3/b11-9+;. The Hall–Kier alpha value is -0.495. The van der Waals surface area contributed by atoms with E-state index < -0.39 is 10.3 Å². The van der Waals surface area contributed by atoms with E-state index in [1.165, 1.54) is 7.11 Å². The quantitative estimate of drug-likeness (QED) is 0.373. The van der Waals surface area contributed by atoms with Gasteiger partial charge in [-0.15, -0.1) is 10.3 Å². The summed E-state index contributed by atoms with van der Waals surface area (Å²) in [5, 5.41) is 0. The second-order valence-electron chi connectivity index (χ2n) is 9.26. The maximum atomic E-state index is 10.9. The molecule has 0 amide bonds. The van der Waals surface area contributed by atoms with Gasteiger partial charge in [0.2, 0.25) is 0 Å². The number of rotatable bonds is 6. The van der Waals surface area contributed by atoms with E-state index in [2.05, 4.69) is 31.6 Å². The molecule has 0 spiro atoms. The monoisotopic (exact) mass is 404 g/mol. The molecular weight excluding hydrogens is 363 g/mol. The van der Waals surface area contributed by atoms with Gasteiger partial charge in [-0.1, -0.05) is 32.8 Å². The third-order valence-corrected chi connectivity index (χ3v) is 8.29. The number of ether oxygens (including phenoxy) is 1. The number of unbranched alkanes of at least 4 members (excludes halogenated alkanes) is 2. The first kappa shape index (κ1) is 26.5. The first-order valence-electron chi connectivity index (χ1n) is 9.58. The zero-order chi connectivity index (χ0) is 21.5. The maximum absolute atomic E-state index is 10.9. The molecule has 27 heavy (non-hydrogen) atoms. The van der Waals surface area contributed by atoms with Crippen LogP contribution in [0.1, 0.15) is 74.1 Å². The Morgan fingerprint density at radius 1 is 1.11 bits per heavy atom. The van der Waals surface area contributed by atoms with Crippen LogP contribution in [0.5, 0.6) is 0 Å². The van der Waals surface area contributed by atoms with Gasteiger partial charge in [0, 0.05) is 11.2 Å². The van der Waals surface area contributed by atoms with Gasteiger partial charge in [0.1, 0.15) is 0 Å². The Kier molecular flexibility index (Phi) is 10.1. The highest BCUT2D eigenvalue weighted by atomic mass is 32.3. The molecule has 1 rings (SSSR count). The highest BCUT2D eigenvalue weighted by Crippen LogP contribution is 2.48. The van der Waals surface area contributed by atoms with Crippen molar-refractivity contribution in [3.8, 4) is 0 Å². The van der Waals surface area contributed by atoms with E-state index in [0.29, 0.717) is 6.42 Å². The molecule has 0 unspecified atom stereocenters. The molecule has 0 bridgehead atoms. The summed E-state index contributed by atoms with van der Waals surface area (Å²) in [5.74, 6) is 1.81. The van der Waals surface area contributed by atoms with E-state index in [1.807, 2.05) is 46.2 Å². The van der Waals surface area contributed by atoms with Crippen LogP contribution in [0.15, 0.2) is 12.1 Å². The number of carbonyl (C=O) groups excluding carboxylic acids is 1. The Bertz CT molecular complexity index is 462. The first-order chi connectivity index (χ1) is 12.0. The molecule has 0 aromatic carbocycles. The molecule has 160 valence electrons. The smallest absolute Gasteiger partial charge is 0.469 e. The lowest BCUT2D eigenvalue weighted by atomic mass is 9.89. The molecule has 1 fully saturated rings. The Morgan fingerprint density at radius 3 is 1.93 bits per heavy atom. The van der Waals surface area contributed by atoms with Gasteiger partial charge >= 0.3 is 13.1 Å². The van der Waals surface area contributed by atoms with Gasteiger partial charge < -0.3 is 18.6 Å². The van der Waals surface area contributed by atoms with Crippen LogP contribution >= 0.6 is 10.3 Å². The van der Waals surface area contributed by atoms with Crippen molar-refractivity contribution in [2.24, 2.45) is 0 Å². The molecule has 0 atom stereocenters. The van der Waals surface area contributed by atoms with Gasteiger partial charge in [0.05, 0.1) is 18.3 Å². The van der Waals surface area contributed by atoms with Crippen molar-refractivity contribution >= 4 is 23.4 Å². The van der Waals surface area contributed by atoms with Crippen molar-refractivity contribution < 1.29 is 23.4 Å². The number of carbonyl (C=O) groups is 1. The Morgan fingerprint density at radius 2 is 1.56 bits per heavy atom. The van der Waals surface area contributed by atoms with Crippen molar-refractivity contribution in [2.75, 3.05) is 19.6 Å². The lowest BCUT2D eigenvalue weighted by Gasteiger charge is -2.38. The average molecular weight is 404 g/mol. The molecule has 5 nitrogen and oxygen atoms in total. The van der Waals surface area contributed by atoms with Crippen LogP contribution in [-0.2, 0) is 18.8 Å². The summed E-state index contributed by atoms with van der Waals surface area (Å²) in [7, 11) is -0.196. The highest BCUT2D eigenvalue weighted by Gasteiger charge is 2.49. The summed E-state index contributed by atoms with van der Waals surface area (Å²) >= 11 is 0. The van der Waals surface area contributed by atoms with Crippen molar-refractivity contribution in [3.05, 3.63) is 12.1 Å². The van der Waals surface area contributed by atoms with Gasteiger partial charge in [-0.2, -0.15) is 0 Å². The second-order valence-corrected chi connectivity index (χ2v) is 13.0. The fourth-order valence-electron chi connectivity index (χ4n) is 1.81. The molecule has 7 heteroatoms. The van der Waals surface area contributed by atoms with Gasteiger partial charge in [-0.25, -0.2) is 0 Å². The Balaban J connectivity index is 0.000000713. The fourth-order valence-corrected chi connectivity index (χ4v) is 1.81. The van der Waals surface area contributed by atoms with Crippen molar-refractivity contribution in [1.29, 1.82) is 0 Å². The van der Waals surface area contributed by atoms with E-state index in [9.17, 15) is 9.35 Å². The summed E-state index contributed by atoms with van der Waals surface area (Å²) in [6, 6.07) is 0. The Labute approximate surface area is 168 Å². The van der Waals surface area contributed by atoms with Crippen LogP contribution in [0.2, 0.25) is 0 Å². The molecule has 1 heterocycles. The fraction of sp³-hybridized carbons (Fsp3) is 0.850. The summed E-state index contributed by atoms with van der Waals surface area (Å²) < 4.78 is 25.8. The lowest BCUT2D eigenvalue weighted by Crippen LogP contribution is -2.41. The summed E-state index contributed by atoms with van der Waals surface area (Å²) in [4.78, 5) is 10.9. The van der Waals surface area contributed by atoms with Crippen molar-refractivity contribution in [3.63, 3.8) is 0 Å². The van der Waals surface area contributed by atoms with E-state index >= 15 is 0 Å². The van der Waals surface area contributed by atoms with Crippen molar-refractivity contribution in [1.82, 2.24) is 0 Å². The largest absolute Gasteiger partial charge is 0.486 e. The van der Waals surface area contributed by atoms with Crippen LogP contribution in [0.25, 0.3) is 0 Å². The molecule has 0 radical (unpaired) electrons. The molecule has 0 aliphatic carbocycles. The molecule has 1 saturated heterocycles. The number of methoxy groups -OCH3 is 1. The molecule has 0 saturated carbocycles. The summed E-state index contributed by atoms with van der Waals surface area (Å²) in [5.41, 5.74) is -0.570. The van der Waals surface area contributed by atoms with Gasteiger partial charge in [-0.05, 0) is 59.5 Å². The highest BCUT2D eigenvalue weighted by molar-refractivity contribution is 8.29. The second kappa shape index (κ2) is 10.3. The maximum Gasteiger partial charge on any atom is 0.486 e. The number of allylic oxidation sites excluding steroid dienone is 1. The molecular formula is C20H41BO5S. The van der Waals surface area contributed by atoms with Gasteiger partial charge in [0.25, 0.3) is 0 Å². The van der Waals surface area contributed by atoms with Crippen LogP contribution in [0.4, 0.5) is 0 Å². The third kappa shape index (κ3) is 9.50. The van der Waals surface area contributed by atoms with E-state index in [4.69, 9.17) is 9.31 Å². The minimum absolute atomic E-state index is 0.0764. The number of hydrogen-bond acceptors (Lipinski definition) is 5. The third-order valence-electron chi connectivity index (χ3n) is 5.29. The molecule has 1 N–H and O–H groups in total. The molecule has 0 aromatic rings. The zero-order valence-electron chi connectivity index (χ0n) is 19.0. The van der Waals surface area contributed by atoms with Crippen molar-refractivity contribution in [2.45, 2.75) is 90.1 Å². The molecule has 1 aliphatic heterocycles. The normalized spacial score (nSPS) is 19.6. The predicted molar refractivity (Wildman–Crippen MR) is 118 cm³/mol. The lowest BCUT2D eigenvalue weighted by molar-refractivity contribution is -0.140. The summed E-state index contributed by atoms with van der Waals surface area (Å²) in [6.45, 7) is 14.3. The van der Waals surface area contributed by atoms with Crippen LogP contribution in [0, 0.1) is 0 Å². The molecule has 0 aromatic heterocycles. The van der Waals surface area contributed by atoms with Crippen LogP contribution in [0.3, 0.4) is 0 Å². The van der Waals surface area contributed by atoms with E-state index in [-0.39, 0.29) is 29.0 Å². The minimum Gasteiger partial charge on any atom is -0.469 e. The number of hydrogen-bond donors (Lipinski definition) is 1. The first-order valence-corrected chi connectivity index (χ1v) is 12.0. The van der Waals surface area contributed by atoms with Crippen LogP contribution in [-0.4, -0.2) is 53.2 Å². The zero-order valence-corrected chi connectivity index (χ0v) is 19.9. The summed E-state index contributed by atoms with van der Waals surface area (Å²) in [6.07, 6.45) is 9.09. The van der Waals surface area contributed by atoms with E-state index in [0.717, 1.165) is 19.3 Å². The van der Waals surface area contributed by atoms with Gasteiger partial charge in [0.15, 0.2) is 0 Å². The minimum atomic E-state index is -1.34.